The van der Waals surface area contributed by atoms with Crippen LogP contribution in [0, 0.1) is 5.92 Å². The van der Waals surface area contributed by atoms with Crippen molar-refractivity contribution < 1.29 is 9.53 Å². The van der Waals surface area contributed by atoms with Crippen molar-refractivity contribution in [3.63, 3.8) is 0 Å². The Bertz CT molecular complexity index is 414. The summed E-state index contributed by atoms with van der Waals surface area (Å²) in [6.07, 6.45) is 2.46. The molecular formula is C14H20N2O2. The van der Waals surface area contributed by atoms with Crippen molar-refractivity contribution in [2.45, 2.75) is 25.8 Å². The maximum atomic E-state index is 11.6. The van der Waals surface area contributed by atoms with Crippen LogP contribution in [0.5, 0.6) is 5.75 Å². The van der Waals surface area contributed by atoms with Crippen LogP contribution < -0.4 is 15.8 Å². The van der Waals surface area contributed by atoms with Gasteiger partial charge in [-0.15, -0.1) is 0 Å². The highest BCUT2D eigenvalue weighted by Crippen LogP contribution is 2.27. The minimum absolute atomic E-state index is 0.0520. The first-order chi connectivity index (χ1) is 8.66. The number of hydrogen-bond acceptors (Lipinski definition) is 3. The van der Waals surface area contributed by atoms with E-state index < -0.39 is 0 Å². The van der Waals surface area contributed by atoms with Crippen LogP contribution in [-0.4, -0.2) is 19.1 Å². The standard InChI is InChI=1S/C14H20N2O2/c1-10(15)12-4-2-3-5-13(12)18-9-14(17)16-8-11-6-7-11/h2-5,10-11H,6-9,15H2,1H3,(H,16,17)/t10-/m0/s1. The third-order valence-corrected chi connectivity index (χ3v) is 3.05. The van der Waals surface area contributed by atoms with Crippen LogP contribution in [0.25, 0.3) is 0 Å². The molecule has 1 saturated carbocycles. The summed E-state index contributed by atoms with van der Waals surface area (Å²) < 4.78 is 5.52. The molecule has 1 amide bonds. The van der Waals surface area contributed by atoms with E-state index in [2.05, 4.69) is 5.32 Å². The van der Waals surface area contributed by atoms with Crippen LogP contribution in [0.2, 0.25) is 0 Å². The summed E-state index contributed by atoms with van der Waals surface area (Å²) in [5, 5.41) is 2.87. The largest absolute Gasteiger partial charge is 0.483 e. The van der Waals surface area contributed by atoms with Gasteiger partial charge in [0.05, 0.1) is 0 Å². The number of hydrogen-bond donors (Lipinski definition) is 2. The molecule has 3 N–H and O–H groups in total. The van der Waals surface area contributed by atoms with Gasteiger partial charge in [0.2, 0.25) is 0 Å². The smallest absolute Gasteiger partial charge is 0.257 e. The van der Waals surface area contributed by atoms with Gasteiger partial charge in [0.1, 0.15) is 5.75 Å². The maximum Gasteiger partial charge on any atom is 0.257 e. The summed E-state index contributed by atoms with van der Waals surface area (Å²) in [4.78, 5) is 11.6. The Kier molecular flexibility index (Phi) is 4.20. The SMILES string of the molecule is C[C@H](N)c1ccccc1OCC(=O)NCC1CC1. The summed E-state index contributed by atoms with van der Waals surface area (Å²) >= 11 is 0. The molecule has 0 aliphatic heterocycles. The van der Waals surface area contributed by atoms with Gasteiger partial charge in [-0.3, -0.25) is 4.79 Å². The molecule has 0 aromatic heterocycles. The molecule has 1 aromatic rings. The molecule has 1 atom stereocenters. The molecule has 0 unspecified atom stereocenters. The molecule has 0 bridgehead atoms. The Hall–Kier alpha value is -1.55. The average Bonchev–Trinajstić information content (AvgIpc) is 3.18. The molecular weight excluding hydrogens is 228 g/mol. The number of benzene rings is 1. The summed E-state index contributed by atoms with van der Waals surface area (Å²) in [5.41, 5.74) is 6.77. The minimum Gasteiger partial charge on any atom is -0.483 e. The van der Waals surface area contributed by atoms with E-state index in [1.54, 1.807) is 0 Å². The first kappa shape index (κ1) is 12.9. The normalized spacial score (nSPS) is 16.1. The van der Waals surface area contributed by atoms with E-state index in [1.165, 1.54) is 12.8 Å². The van der Waals surface area contributed by atoms with Crippen molar-refractivity contribution in [3.05, 3.63) is 29.8 Å². The lowest BCUT2D eigenvalue weighted by Gasteiger charge is -2.13. The van der Waals surface area contributed by atoms with Crippen molar-refractivity contribution >= 4 is 5.91 Å². The van der Waals surface area contributed by atoms with Crippen molar-refractivity contribution in [1.29, 1.82) is 0 Å². The Balaban J connectivity index is 1.82. The minimum atomic E-state index is -0.101. The fourth-order valence-electron chi connectivity index (χ4n) is 1.76. The monoisotopic (exact) mass is 248 g/mol. The Morgan fingerprint density at radius 1 is 1.50 bits per heavy atom. The van der Waals surface area contributed by atoms with Gasteiger partial charge in [-0.2, -0.15) is 0 Å². The van der Waals surface area contributed by atoms with Gasteiger partial charge in [0.15, 0.2) is 6.61 Å². The van der Waals surface area contributed by atoms with Crippen molar-refractivity contribution in [2.75, 3.05) is 13.2 Å². The van der Waals surface area contributed by atoms with Crippen LogP contribution in [0.15, 0.2) is 24.3 Å². The van der Waals surface area contributed by atoms with Crippen LogP contribution in [0.3, 0.4) is 0 Å². The van der Waals surface area contributed by atoms with E-state index in [0.29, 0.717) is 11.7 Å². The first-order valence-corrected chi connectivity index (χ1v) is 6.41. The van der Waals surface area contributed by atoms with E-state index in [4.69, 9.17) is 10.5 Å². The zero-order valence-electron chi connectivity index (χ0n) is 10.7. The Morgan fingerprint density at radius 2 is 2.22 bits per heavy atom. The molecule has 98 valence electrons. The van der Waals surface area contributed by atoms with Gasteiger partial charge < -0.3 is 15.8 Å². The Morgan fingerprint density at radius 3 is 2.89 bits per heavy atom. The van der Waals surface area contributed by atoms with Crippen LogP contribution in [0.4, 0.5) is 0 Å². The van der Waals surface area contributed by atoms with Gasteiger partial charge in [0, 0.05) is 18.2 Å². The van der Waals surface area contributed by atoms with Crippen molar-refractivity contribution in [3.8, 4) is 5.75 Å². The molecule has 1 fully saturated rings. The molecule has 1 aliphatic rings. The van der Waals surface area contributed by atoms with E-state index in [0.717, 1.165) is 12.1 Å². The zero-order chi connectivity index (χ0) is 13.0. The second-order valence-corrected chi connectivity index (χ2v) is 4.86. The fraction of sp³-hybridized carbons (Fsp3) is 0.500. The molecule has 0 radical (unpaired) electrons. The molecule has 4 nitrogen and oxygen atoms in total. The lowest BCUT2D eigenvalue weighted by Crippen LogP contribution is -2.30. The number of rotatable bonds is 6. The van der Waals surface area contributed by atoms with E-state index in [1.807, 2.05) is 31.2 Å². The summed E-state index contributed by atoms with van der Waals surface area (Å²) in [7, 11) is 0. The average molecular weight is 248 g/mol. The van der Waals surface area contributed by atoms with Gasteiger partial charge in [0.25, 0.3) is 5.91 Å². The number of para-hydroxylation sites is 1. The van der Waals surface area contributed by atoms with Gasteiger partial charge in [-0.25, -0.2) is 0 Å². The molecule has 18 heavy (non-hydrogen) atoms. The zero-order valence-corrected chi connectivity index (χ0v) is 10.7. The third-order valence-electron chi connectivity index (χ3n) is 3.05. The van der Waals surface area contributed by atoms with E-state index in [-0.39, 0.29) is 18.6 Å². The molecule has 0 spiro atoms. The molecule has 1 aliphatic carbocycles. The predicted molar refractivity (Wildman–Crippen MR) is 70.3 cm³/mol. The number of amides is 1. The number of nitrogens with one attached hydrogen (secondary N) is 1. The summed E-state index contributed by atoms with van der Waals surface area (Å²) in [6.45, 7) is 2.73. The molecule has 0 heterocycles. The number of carbonyl (C=O) groups excluding carboxylic acids is 1. The van der Waals surface area contributed by atoms with Gasteiger partial charge >= 0.3 is 0 Å². The fourth-order valence-corrected chi connectivity index (χ4v) is 1.76. The quantitative estimate of drug-likeness (QED) is 0.804. The van der Waals surface area contributed by atoms with Gasteiger partial charge in [-0.05, 0) is 31.7 Å². The number of ether oxygens (including phenoxy) is 1. The van der Waals surface area contributed by atoms with Crippen molar-refractivity contribution in [2.24, 2.45) is 11.7 Å². The molecule has 4 heteroatoms. The second-order valence-electron chi connectivity index (χ2n) is 4.86. The lowest BCUT2D eigenvalue weighted by molar-refractivity contribution is -0.123. The van der Waals surface area contributed by atoms with Crippen LogP contribution >= 0.6 is 0 Å². The highest BCUT2D eigenvalue weighted by atomic mass is 16.5. The first-order valence-electron chi connectivity index (χ1n) is 6.41. The van der Waals surface area contributed by atoms with Gasteiger partial charge in [-0.1, -0.05) is 18.2 Å². The maximum absolute atomic E-state index is 11.6. The van der Waals surface area contributed by atoms with Crippen molar-refractivity contribution in [1.82, 2.24) is 5.32 Å². The van der Waals surface area contributed by atoms with Crippen LogP contribution in [-0.2, 0) is 4.79 Å². The summed E-state index contributed by atoms with van der Waals surface area (Å²) in [5.74, 6) is 1.31. The Labute approximate surface area is 108 Å². The van der Waals surface area contributed by atoms with E-state index in [9.17, 15) is 4.79 Å². The van der Waals surface area contributed by atoms with Crippen LogP contribution in [0.1, 0.15) is 31.4 Å². The molecule has 1 aromatic carbocycles. The second kappa shape index (κ2) is 5.87. The highest BCUT2D eigenvalue weighted by molar-refractivity contribution is 5.77. The molecule has 0 saturated heterocycles. The lowest BCUT2D eigenvalue weighted by atomic mass is 10.1. The molecule has 2 rings (SSSR count). The number of carbonyl (C=O) groups is 1. The topological polar surface area (TPSA) is 64.3 Å². The third kappa shape index (κ3) is 3.74. The summed E-state index contributed by atoms with van der Waals surface area (Å²) in [6, 6.07) is 7.45. The van der Waals surface area contributed by atoms with E-state index >= 15 is 0 Å². The number of nitrogens with two attached hydrogens (primary N) is 1. The predicted octanol–water partition coefficient (Wildman–Crippen LogP) is 1.61. The highest BCUT2D eigenvalue weighted by Gasteiger charge is 2.21.